The minimum Gasteiger partial charge on any atom is -0.348 e. The zero-order valence-corrected chi connectivity index (χ0v) is 10.5. The van der Waals surface area contributed by atoms with Crippen molar-refractivity contribution in [3.05, 3.63) is 36.3 Å². The lowest BCUT2D eigenvalue weighted by Crippen LogP contribution is -2.47. The number of aromatic nitrogens is 2. The number of amides is 1. The summed E-state index contributed by atoms with van der Waals surface area (Å²) in [6, 6.07) is 4.41. The smallest absolute Gasteiger partial charge is 0.251 e. The molecule has 1 amide bonds. The molecule has 1 saturated carbocycles. The number of nitrogens with zero attached hydrogens (tertiary/aromatic N) is 2. The van der Waals surface area contributed by atoms with E-state index in [-0.39, 0.29) is 11.9 Å². The van der Waals surface area contributed by atoms with Crippen molar-refractivity contribution in [2.45, 2.75) is 24.9 Å². The number of piperidine rings is 1. The number of rotatable bonds is 2. The molecule has 2 aromatic rings. The highest BCUT2D eigenvalue weighted by Crippen LogP contribution is 2.31. The van der Waals surface area contributed by atoms with Gasteiger partial charge in [0.1, 0.15) is 5.65 Å². The Morgan fingerprint density at radius 1 is 1.42 bits per heavy atom. The molecule has 1 saturated heterocycles. The molecule has 2 aliphatic rings. The number of hydrogen-bond acceptors (Lipinski definition) is 3. The van der Waals surface area contributed by atoms with E-state index in [1.165, 1.54) is 6.42 Å². The van der Waals surface area contributed by atoms with Crippen LogP contribution in [0.15, 0.2) is 30.7 Å². The Morgan fingerprint density at radius 3 is 3.16 bits per heavy atom. The summed E-state index contributed by atoms with van der Waals surface area (Å²) in [5.41, 5.74) is 1.49. The molecule has 2 bridgehead atoms. The van der Waals surface area contributed by atoms with Crippen LogP contribution in [-0.4, -0.2) is 33.9 Å². The molecule has 0 radical (unpaired) electrons. The summed E-state index contributed by atoms with van der Waals surface area (Å²) in [6.07, 6.45) is 7.78. The van der Waals surface area contributed by atoms with E-state index >= 15 is 0 Å². The van der Waals surface area contributed by atoms with Gasteiger partial charge in [-0.15, -0.1) is 0 Å². The average molecular weight is 256 g/mol. The van der Waals surface area contributed by atoms with Crippen molar-refractivity contribution >= 4 is 11.6 Å². The van der Waals surface area contributed by atoms with Crippen molar-refractivity contribution in [1.29, 1.82) is 0 Å². The molecular formula is C14H16N4O. The van der Waals surface area contributed by atoms with E-state index in [2.05, 4.69) is 15.6 Å². The van der Waals surface area contributed by atoms with Gasteiger partial charge in [0, 0.05) is 36.2 Å². The molecule has 1 aliphatic carbocycles. The summed E-state index contributed by atoms with van der Waals surface area (Å²) >= 11 is 0. The van der Waals surface area contributed by atoms with Crippen LogP contribution < -0.4 is 10.6 Å². The predicted octanol–water partition coefficient (Wildman–Crippen LogP) is 0.814. The van der Waals surface area contributed by atoms with Crippen molar-refractivity contribution in [3.63, 3.8) is 0 Å². The third kappa shape index (κ3) is 1.81. The molecule has 3 heterocycles. The molecular weight excluding hydrogens is 240 g/mol. The van der Waals surface area contributed by atoms with Crippen molar-refractivity contribution in [2.75, 3.05) is 6.54 Å². The highest BCUT2D eigenvalue weighted by atomic mass is 16.1. The predicted molar refractivity (Wildman–Crippen MR) is 71.0 cm³/mol. The second kappa shape index (κ2) is 4.06. The molecule has 98 valence electrons. The molecule has 3 unspecified atom stereocenters. The first-order valence-corrected chi connectivity index (χ1v) is 6.76. The highest BCUT2D eigenvalue weighted by molar-refractivity contribution is 5.95. The molecule has 5 nitrogen and oxygen atoms in total. The minimum atomic E-state index is 0.00449. The fourth-order valence-corrected chi connectivity index (χ4v) is 3.32. The van der Waals surface area contributed by atoms with Gasteiger partial charge in [0.2, 0.25) is 0 Å². The van der Waals surface area contributed by atoms with Gasteiger partial charge in [-0.3, -0.25) is 4.79 Å². The summed E-state index contributed by atoms with van der Waals surface area (Å²) in [5.74, 6) is 0.745. The first kappa shape index (κ1) is 11.0. The lowest BCUT2D eigenvalue weighted by atomic mass is 10.1. The van der Waals surface area contributed by atoms with Crippen LogP contribution in [0.5, 0.6) is 0 Å². The van der Waals surface area contributed by atoms with Crippen molar-refractivity contribution in [3.8, 4) is 0 Å². The van der Waals surface area contributed by atoms with E-state index < -0.39 is 0 Å². The van der Waals surface area contributed by atoms with Gasteiger partial charge in [-0.1, -0.05) is 0 Å². The quantitative estimate of drug-likeness (QED) is 0.836. The number of fused-ring (bicyclic) bond motifs is 3. The average Bonchev–Trinajstić information content (AvgIpc) is 3.13. The summed E-state index contributed by atoms with van der Waals surface area (Å²) in [4.78, 5) is 16.5. The second-order valence-corrected chi connectivity index (χ2v) is 5.54. The lowest BCUT2D eigenvalue weighted by molar-refractivity contribution is 0.0928. The SMILES string of the molecule is O=C(NC1CC2CNC1C2)c1ccn2ccnc2c1. The van der Waals surface area contributed by atoms with Crippen LogP contribution in [0.2, 0.25) is 0 Å². The summed E-state index contributed by atoms with van der Waals surface area (Å²) < 4.78 is 1.90. The van der Waals surface area contributed by atoms with Crippen molar-refractivity contribution in [2.24, 2.45) is 5.92 Å². The van der Waals surface area contributed by atoms with Crippen LogP contribution in [-0.2, 0) is 0 Å². The topological polar surface area (TPSA) is 58.4 Å². The Labute approximate surface area is 111 Å². The number of pyridine rings is 1. The normalized spacial score (nSPS) is 28.9. The zero-order chi connectivity index (χ0) is 12.8. The maximum absolute atomic E-state index is 12.3. The molecule has 1 aliphatic heterocycles. The second-order valence-electron chi connectivity index (χ2n) is 5.54. The molecule has 0 spiro atoms. The largest absolute Gasteiger partial charge is 0.348 e. The van der Waals surface area contributed by atoms with Crippen LogP contribution in [0.4, 0.5) is 0 Å². The highest BCUT2D eigenvalue weighted by Gasteiger charge is 2.39. The van der Waals surface area contributed by atoms with E-state index in [1.807, 2.05) is 28.9 Å². The Kier molecular flexibility index (Phi) is 2.35. The van der Waals surface area contributed by atoms with Crippen molar-refractivity contribution in [1.82, 2.24) is 20.0 Å². The number of nitrogens with one attached hydrogen (secondary N) is 2. The number of carbonyl (C=O) groups is 1. The van der Waals surface area contributed by atoms with Gasteiger partial charge in [-0.05, 0) is 37.4 Å². The first-order valence-electron chi connectivity index (χ1n) is 6.76. The minimum absolute atomic E-state index is 0.00449. The first-order chi connectivity index (χ1) is 9.29. The number of hydrogen-bond donors (Lipinski definition) is 2. The molecule has 2 N–H and O–H groups in total. The third-order valence-electron chi connectivity index (χ3n) is 4.31. The van der Waals surface area contributed by atoms with E-state index in [0.29, 0.717) is 11.6 Å². The van der Waals surface area contributed by atoms with Crippen LogP contribution in [0, 0.1) is 5.92 Å². The van der Waals surface area contributed by atoms with Crippen molar-refractivity contribution < 1.29 is 4.79 Å². The van der Waals surface area contributed by atoms with Gasteiger partial charge < -0.3 is 15.0 Å². The Balaban J connectivity index is 1.53. The van der Waals surface area contributed by atoms with E-state index in [4.69, 9.17) is 0 Å². The summed E-state index contributed by atoms with van der Waals surface area (Å²) in [5, 5.41) is 6.60. The maximum Gasteiger partial charge on any atom is 0.251 e. The van der Waals surface area contributed by atoms with Gasteiger partial charge in [-0.2, -0.15) is 0 Å². The van der Waals surface area contributed by atoms with Gasteiger partial charge in [0.25, 0.3) is 5.91 Å². The Hall–Kier alpha value is -1.88. The summed E-state index contributed by atoms with van der Waals surface area (Å²) in [7, 11) is 0. The fourth-order valence-electron chi connectivity index (χ4n) is 3.32. The number of carbonyl (C=O) groups excluding carboxylic acids is 1. The van der Waals surface area contributed by atoms with Crippen LogP contribution in [0.1, 0.15) is 23.2 Å². The van der Waals surface area contributed by atoms with E-state index in [0.717, 1.165) is 24.5 Å². The van der Waals surface area contributed by atoms with Gasteiger partial charge in [-0.25, -0.2) is 4.98 Å². The Morgan fingerprint density at radius 2 is 2.37 bits per heavy atom. The van der Waals surface area contributed by atoms with Gasteiger partial charge in [0.05, 0.1) is 0 Å². The molecule has 0 aromatic carbocycles. The Bertz CT molecular complexity index is 635. The molecule has 3 atom stereocenters. The lowest BCUT2D eigenvalue weighted by Gasteiger charge is -2.23. The monoisotopic (exact) mass is 256 g/mol. The van der Waals surface area contributed by atoms with Gasteiger partial charge in [0.15, 0.2) is 0 Å². The third-order valence-corrected chi connectivity index (χ3v) is 4.31. The standard InChI is InChI=1S/C14H16N4O/c19-14(17-12-6-9-5-11(12)16-8-9)10-1-3-18-4-2-15-13(18)7-10/h1-4,7,9,11-12,16H,5-6,8H2,(H,17,19). The van der Waals surface area contributed by atoms with Crippen LogP contribution >= 0.6 is 0 Å². The molecule has 2 aromatic heterocycles. The molecule has 5 heteroatoms. The fraction of sp³-hybridized carbons (Fsp3) is 0.429. The molecule has 2 fully saturated rings. The molecule has 19 heavy (non-hydrogen) atoms. The van der Waals surface area contributed by atoms with Gasteiger partial charge >= 0.3 is 0 Å². The van der Waals surface area contributed by atoms with E-state index in [1.54, 1.807) is 6.20 Å². The van der Waals surface area contributed by atoms with E-state index in [9.17, 15) is 4.79 Å². The van der Waals surface area contributed by atoms with Crippen LogP contribution in [0.25, 0.3) is 5.65 Å². The maximum atomic E-state index is 12.3. The number of imidazole rings is 1. The summed E-state index contributed by atoms with van der Waals surface area (Å²) in [6.45, 7) is 1.11. The van der Waals surface area contributed by atoms with Crippen LogP contribution in [0.3, 0.4) is 0 Å². The molecule has 4 rings (SSSR count). The zero-order valence-electron chi connectivity index (χ0n) is 10.5.